The van der Waals surface area contributed by atoms with Crippen LogP contribution in [0.4, 0.5) is 0 Å². The topological polar surface area (TPSA) is 65.8 Å². The Bertz CT molecular complexity index is 832. The zero-order chi connectivity index (χ0) is 15.3. The minimum Gasteiger partial charge on any atom is -0.333 e. The van der Waals surface area contributed by atoms with Gasteiger partial charge in [-0.25, -0.2) is 9.56 Å². The highest BCUT2D eigenvalue weighted by Gasteiger charge is 2.35. The first kappa shape index (κ1) is 13.1. The number of imidazole rings is 1. The molecule has 2 aromatic rings. The molecule has 110 valence electrons. The first-order valence-electron chi connectivity index (χ1n) is 7.54. The van der Waals surface area contributed by atoms with Crippen LogP contribution in [0.25, 0.3) is 11.3 Å². The smallest absolute Gasteiger partial charge is 0.251 e. The quantitative estimate of drug-likeness (QED) is 0.683. The van der Waals surface area contributed by atoms with Crippen molar-refractivity contribution >= 4 is 17.8 Å². The monoisotopic (exact) mass is 294 g/mol. The van der Waals surface area contributed by atoms with Gasteiger partial charge in [0.2, 0.25) is 11.8 Å². The summed E-state index contributed by atoms with van der Waals surface area (Å²) < 4.78 is 2.22. The molecule has 4 rings (SSSR count). The van der Waals surface area contributed by atoms with Crippen molar-refractivity contribution in [2.24, 2.45) is 0 Å². The minimum atomic E-state index is -0.495. The number of hydrogen-bond acceptors (Lipinski definition) is 3. The van der Waals surface area contributed by atoms with Crippen LogP contribution in [-0.4, -0.2) is 38.9 Å². The van der Waals surface area contributed by atoms with Gasteiger partial charge in [0.25, 0.3) is 5.78 Å². The third-order valence-corrected chi connectivity index (χ3v) is 4.46. The van der Waals surface area contributed by atoms with Crippen molar-refractivity contribution in [3.63, 3.8) is 0 Å². The summed E-state index contributed by atoms with van der Waals surface area (Å²) in [6.07, 6.45) is 4.39. The zero-order valence-electron chi connectivity index (χ0n) is 12.3. The van der Waals surface area contributed by atoms with Gasteiger partial charge in [-0.05, 0) is 0 Å². The second-order valence-corrected chi connectivity index (χ2v) is 5.79. The van der Waals surface area contributed by atoms with E-state index in [-0.39, 0.29) is 6.04 Å². The molecule has 5 nitrogen and oxygen atoms in total. The van der Waals surface area contributed by atoms with Crippen molar-refractivity contribution in [1.82, 2.24) is 9.97 Å². The molecule has 1 aromatic heterocycles. The van der Waals surface area contributed by atoms with Crippen LogP contribution in [0.3, 0.4) is 0 Å². The summed E-state index contributed by atoms with van der Waals surface area (Å²) in [4.78, 5) is 32.2. The second-order valence-electron chi connectivity index (χ2n) is 5.79. The summed E-state index contributed by atoms with van der Waals surface area (Å²) in [6, 6.07) is 7.23. The number of hydrogen-bond donors (Lipinski definition) is 1. The number of carbonyl (C=O) groups excluding carboxylic acids is 2. The Hall–Kier alpha value is -2.56. The van der Waals surface area contributed by atoms with Gasteiger partial charge in [-0.2, -0.15) is 0 Å². The zero-order valence-corrected chi connectivity index (χ0v) is 12.3. The van der Waals surface area contributed by atoms with Crippen molar-refractivity contribution < 1.29 is 14.2 Å². The van der Waals surface area contributed by atoms with Gasteiger partial charge in [-0.3, -0.25) is 9.59 Å². The standard InChI is InChI=1S/C17H15N3O2/c1-10(20-8-4-5-9-20)17-18-13-11-6-2-3-7-12(11)15(21)16(22)14(13)19-17/h2-3,6-8,10H,4-5,9H2,1H3/p+1. The van der Waals surface area contributed by atoms with Crippen LogP contribution in [-0.2, 0) is 0 Å². The lowest BCUT2D eigenvalue weighted by Gasteiger charge is -2.11. The molecule has 1 aromatic carbocycles. The van der Waals surface area contributed by atoms with Crippen LogP contribution in [0.5, 0.6) is 0 Å². The molecular weight excluding hydrogens is 278 g/mol. The van der Waals surface area contributed by atoms with E-state index in [9.17, 15) is 9.59 Å². The first-order chi connectivity index (χ1) is 10.7. The molecule has 0 bridgehead atoms. The number of H-pyrrole nitrogens is 1. The summed E-state index contributed by atoms with van der Waals surface area (Å²) in [5, 5.41) is 0. The fourth-order valence-corrected chi connectivity index (χ4v) is 3.20. The van der Waals surface area contributed by atoms with E-state index in [4.69, 9.17) is 0 Å². The molecule has 0 radical (unpaired) electrons. The number of nitrogens with one attached hydrogen (secondary N) is 1. The summed E-state index contributed by atoms with van der Waals surface area (Å²) >= 11 is 0. The molecule has 1 N–H and O–H groups in total. The Morgan fingerprint density at radius 3 is 2.68 bits per heavy atom. The molecule has 2 aliphatic rings. The second kappa shape index (κ2) is 4.73. The van der Waals surface area contributed by atoms with Crippen molar-refractivity contribution in [2.45, 2.75) is 25.8 Å². The lowest BCUT2D eigenvalue weighted by Crippen LogP contribution is -2.21. The average Bonchev–Trinajstić information content (AvgIpc) is 3.21. The highest BCUT2D eigenvalue weighted by Crippen LogP contribution is 2.33. The molecule has 1 unspecified atom stereocenters. The van der Waals surface area contributed by atoms with Crippen LogP contribution in [0, 0.1) is 0 Å². The SMILES string of the molecule is CC(c1nc2c([nH]1)C(=O)C(=O)c1ccccc1-2)[N+]1=CCCC1. The Morgan fingerprint density at radius 2 is 1.95 bits per heavy atom. The van der Waals surface area contributed by atoms with E-state index in [1.54, 1.807) is 12.1 Å². The molecule has 1 aliphatic carbocycles. The molecule has 0 amide bonds. The van der Waals surface area contributed by atoms with Crippen molar-refractivity contribution in [2.75, 3.05) is 6.54 Å². The van der Waals surface area contributed by atoms with Gasteiger partial charge in [-0.1, -0.05) is 24.3 Å². The van der Waals surface area contributed by atoms with Crippen LogP contribution < -0.4 is 0 Å². The summed E-state index contributed by atoms with van der Waals surface area (Å²) in [5.41, 5.74) is 2.10. The van der Waals surface area contributed by atoms with E-state index >= 15 is 0 Å². The van der Waals surface area contributed by atoms with Crippen LogP contribution in [0.15, 0.2) is 24.3 Å². The number of Topliss-reactive ketones (excluding diaryl/α,β-unsaturated/α-hetero) is 2. The molecule has 1 atom stereocenters. The van der Waals surface area contributed by atoms with Crippen LogP contribution in [0.1, 0.15) is 52.5 Å². The molecule has 0 saturated heterocycles. The maximum atomic E-state index is 12.3. The third-order valence-electron chi connectivity index (χ3n) is 4.46. The highest BCUT2D eigenvalue weighted by atomic mass is 16.2. The average molecular weight is 294 g/mol. The van der Waals surface area contributed by atoms with E-state index in [0.717, 1.165) is 30.8 Å². The normalized spacial score (nSPS) is 18.0. The maximum Gasteiger partial charge on any atom is 0.251 e. The Morgan fingerprint density at radius 1 is 1.18 bits per heavy atom. The molecule has 1 aliphatic heterocycles. The van der Waals surface area contributed by atoms with E-state index in [0.29, 0.717) is 17.0 Å². The summed E-state index contributed by atoms with van der Waals surface area (Å²) in [6.45, 7) is 3.06. The van der Waals surface area contributed by atoms with E-state index in [1.807, 2.05) is 12.1 Å². The van der Waals surface area contributed by atoms with E-state index < -0.39 is 11.6 Å². The molecule has 0 spiro atoms. The van der Waals surface area contributed by atoms with Gasteiger partial charge >= 0.3 is 0 Å². The van der Waals surface area contributed by atoms with Crippen LogP contribution in [0.2, 0.25) is 0 Å². The Labute approximate surface area is 127 Å². The molecule has 0 saturated carbocycles. The van der Waals surface area contributed by atoms with Gasteiger partial charge in [-0.15, -0.1) is 0 Å². The maximum absolute atomic E-state index is 12.3. The van der Waals surface area contributed by atoms with Gasteiger partial charge in [0.1, 0.15) is 24.1 Å². The van der Waals surface area contributed by atoms with Gasteiger partial charge in [0, 0.05) is 30.9 Å². The summed E-state index contributed by atoms with van der Waals surface area (Å²) in [5.74, 6) is -0.218. The van der Waals surface area contributed by atoms with Gasteiger partial charge < -0.3 is 4.98 Å². The first-order valence-corrected chi connectivity index (χ1v) is 7.54. The predicted octanol–water partition coefficient (Wildman–Crippen LogP) is 2.39. The molecular formula is C17H16N3O2+. The molecule has 5 heteroatoms. The van der Waals surface area contributed by atoms with Crippen LogP contribution >= 0.6 is 0 Å². The van der Waals surface area contributed by atoms with E-state index in [1.165, 1.54) is 0 Å². The molecule has 2 heterocycles. The third kappa shape index (κ3) is 1.78. The predicted molar refractivity (Wildman–Crippen MR) is 81.5 cm³/mol. The Balaban J connectivity index is 1.85. The number of benzene rings is 1. The highest BCUT2D eigenvalue weighted by molar-refractivity contribution is 6.52. The largest absolute Gasteiger partial charge is 0.333 e. The van der Waals surface area contributed by atoms with Gasteiger partial charge in [0.15, 0.2) is 5.82 Å². The molecule has 0 fully saturated rings. The number of ketones is 2. The minimum absolute atomic E-state index is 0.0724. The number of fused-ring (bicyclic) bond motifs is 3. The summed E-state index contributed by atoms with van der Waals surface area (Å²) in [7, 11) is 0. The number of carbonyl (C=O) groups is 2. The number of rotatable bonds is 2. The number of aromatic nitrogens is 2. The van der Waals surface area contributed by atoms with E-state index in [2.05, 4.69) is 27.7 Å². The fourth-order valence-electron chi connectivity index (χ4n) is 3.20. The van der Waals surface area contributed by atoms with Gasteiger partial charge in [0.05, 0.1) is 0 Å². The molecule has 22 heavy (non-hydrogen) atoms. The van der Waals surface area contributed by atoms with Crippen molar-refractivity contribution in [3.8, 4) is 11.3 Å². The van der Waals surface area contributed by atoms with Crippen molar-refractivity contribution in [1.29, 1.82) is 0 Å². The number of nitrogens with zero attached hydrogens (tertiary/aromatic N) is 2. The van der Waals surface area contributed by atoms with Crippen molar-refractivity contribution in [3.05, 3.63) is 41.3 Å². The lowest BCUT2D eigenvalue weighted by atomic mass is 9.90. The fraction of sp³-hybridized carbons (Fsp3) is 0.294. The Kier molecular flexibility index (Phi) is 2.82. The number of aromatic amines is 1. The lowest BCUT2D eigenvalue weighted by molar-refractivity contribution is -0.559.